The Balaban J connectivity index is 4.69. The molecule has 110 valence electrons. The molecule has 0 N–H and O–H groups in total. The lowest BCUT2D eigenvalue weighted by atomic mass is 10.0. The molecule has 0 aliphatic heterocycles. The van der Waals surface area contributed by atoms with Crippen molar-refractivity contribution in [3.05, 3.63) is 0 Å². The molecule has 0 spiro atoms. The predicted molar refractivity (Wildman–Crippen MR) is 62.1 cm³/mol. The van der Waals surface area contributed by atoms with Crippen LogP contribution in [0.15, 0.2) is 0 Å². The van der Waals surface area contributed by atoms with Crippen LogP contribution in [-0.2, 0) is 14.2 Å². The van der Waals surface area contributed by atoms with Gasteiger partial charge in [0, 0.05) is 32.2 Å². The van der Waals surface area contributed by atoms with Gasteiger partial charge in [-0.2, -0.15) is 13.2 Å². The van der Waals surface area contributed by atoms with E-state index in [1.807, 2.05) is 0 Å². The van der Waals surface area contributed by atoms with Gasteiger partial charge >= 0.3 is 6.18 Å². The maximum absolute atomic E-state index is 12.2. The third kappa shape index (κ3) is 6.02. The van der Waals surface area contributed by atoms with Crippen molar-refractivity contribution in [2.45, 2.75) is 52.7 Å². The third-order valence-electron chi connectivity index (χ3n) is 2.50. The molecule has 0 aliphatic rings. The molecule has 0 bridgehead atoms. The summed E-state index contributed by atoms with van der Waals surface area (Å²) in [5, 5.41) is 0. The lowest BCUT2D eigenvalue weighted by Crippen LogP contribution is -2.46. The van der Waals surface area contributed by atoms with Gasteiger partial charge in [-0.15, -0.1) is 0 Å². The Bertz CT molecular complexity index is 202. The van der Waals surface area contributed by atoms with Crippen molar-refractivity contribution >= 4 is 0 Å². The van der Waals surface area contributed by atoms with Gasteiger partial charge in [-0.1, -0.05) is 6.92 Å². The Morgan fingerprint density at radius 3 is 1.56 bits per heavy atom. The summed E-state index contributed by atoms with van der Waals surface area (Å²) in [5.41, 5.74) is 0. The van der Waals surface area contributed by atoms with Crippen LogP contribution in [0.5, 0.6) is 0 Å². The van der Waals surface area contributed by atoms with Crippen LogP contribution in [-0.4, -0.2) is 32.0 Å². The zero-order chi connectivity index (χ0) is 14.2. The fraction of sp³-hybridized carbons (Fsp3) is 1.00. The monoisotopic (exact) mass is 272 g/mol. The fourth-order valence-corrected chi connectivity index (χ4v) is 1.71. The van der Waals surface area contributed by atoms with Gasteiger partial charge in [-0.05, 0) is 27.2 Å². The number of hydrogen-bond acceptors (Lipinski definition) is 3. The van der Waals surface area contributed by atoms with Crippen LogP contribution in [0.4, 0.5) is 13.2 Å². The van der Waals surface area contributed by atoms with Crippen molar-refractivity contribution in [2.24, 2.45) is 5.92 Å². The van der Waals surface area contributed by atoms with E-state index in [1.165, 1.54) is 0 Å². The van der Waals surface area contributed by atoms with Gasteiger partial charge in [0.15, 0.2) is 0 Å². The molecule has 0 aromatic carbocycles. The van der Waals surface area contributed by atoms with E-state index in [4.69, 9.17) is 14.2 Å². The van der Waals surface area contributed by atoms with Gasteiger partial charge in [0.1, 0.15) is 0 Å². The SMILES string of the molecule is CCOC(OCC)(OCC)C(C)CCC(F)(F)F. The highest BCUT2D eigenvalue weighted by Gasteiger charge is 2.41. The molecule has 0 radical (unpaired) electrons. The lowest BCUT2D eigenvalue weighted by molar-refractivity contribution is -0.401. The molecule has 6 heteroatoms. The van der Waals surface area contributed by atoms with E-state index >= 15 is 0 Å². The average molecular weight is 272 g/mol. The highest BCUT2D eigenvalue weighted by atomic mass is 19.4. The van der Waals surface area contributed by atoms with Crippen molar-refractivity contribution < 1.29 is 27.4 Å². The van der Waals surface area contributed by atoms with Crippen LogP contribution in [0.25, 0.3) is 0 Å². The summed E-state index contributed by atoms with van der Waals surface area (Å²) in [6.45, 7) is 7.85. The van der Waals surface area contributed by atoms with Crippen molar-refractivity contribution in [2.75, 3.05) is 19.8 Å². The first-order chi connectivity index (χ1) is 8.31. The second kappa shape index (κ2) is 7.96. The Kier molecular flexibility index (Phi) is 7.82. The number of hydrogen-bond donors (Lipinski definition) is 0. The molecule has 3 nitrogen and oxygen atoms in total. The Labute approximate surface area is 107 Å². The minimum Gasteiger partial charge on any atom is -0.328 e. The minimum atomic E-state index is -4.18. The first kappa shape index (κ1) is 17.7. The van der Waals surface area contributed by atoms with Crippen LogP contribution < -0.4 is 0 Å². The molecule has 0 fully saturated rings. The average Bonchev–Trinajstić information content (AvgIpc) is 2.25. The van der Waals surface area contributed by atoms with Crippen LogP contribution in [0.2, 0.25) is 0 Å². The Hall–Kier alpha value is -0.330. The van der Waals surface area contributed by atoms with Crippen LogP contribution in [0, 0.1) is 5.92 Å². The summed E-state index contributed by atoms with van der Waals surface area (Å²) in [7, 11) is 0. The Morgan fingerprint density at radius 1 is 0.889 bits per heavy atom. The topological polar surface area (TPSA) is 27.7 Å². The highest BCUT2D eigenvalue weighted by molar-refractivity contribution is 4.69. The first-order valence-electron chi connectivity index (χ1n) is 6.29. The van der Waals surface area contributed by atoms with Crippen LogP contribution in [0.1, 0.15) is 40.5 Å². The molecule has 1 atom stereocenters. The lowest BCUT2D eigenvalue weighted by Gasteiger charge is -2.37. The van der Waals surface area contributed by atoms with E-state index < -0.39 is 24.5 Å². The van der Waals surface area contributed by atoms with E-state index in [0.29, 0.717) is 19.8 Å². The maximum atomic E-state index is 12.2. The van der Waals surface area contributed by atoms with E-state index in [-0.39, 0.29) is 6.42 Å². The molecule has 0 rings (SSSR count). The second-order valence-corrected chi connectivity index (χ2v) is 3.96. The quantitative estimate of drug-likeness (QED) is 0.599. The number of ether oxygens (including phenoxy) is 3. The molecular formula is C12H23F3O3. The number of alkyl halides is 3. The van der Waals surface area contributed by atoms with E-state index in [2.05, 4.69) is 0 Å². The van der Waals surface area contributed by atoms with Gasteiger partial charge in [-0.25, -0.2) is 0 Å². The summed E-state index contributed by atoms with van der Waals surface area (Å²) in [6, 6.07) is 0. The summed E-state index contributed by atoms with van der Waals surface area (Å²) >= 11 is 0. The molecule has 0 heterocycles. The second-order valence-electron chi connectivity index (χ2n) is 3.96. The normalized spacial score (nSPS) is 14.8. The fourth-order valence-electron chi connectivity index (χ4n) is 1.71. The smallest absolute Gasteiger partial charge is 0.328 e. The first-order valence-corrected chi connectivity index (χ1v) is 6.29. The highest BCUT2D eigenvalue weighted by Crippen LogP contribution is 2.33. The Morgan fingerprint density at radius 2 is 1.28 bits per heavy atom. The molecule has 0 saturated carbocycles. The molecule has 0 aromatic rings. The largest absolute Gasteiger partial charge is 0.389 e. The number of halogens is 3. The summed E-state index contributed by atoms with van der Waals surface area (Å²) in [4.78, 5) is 0. The van der Waals surface area contributed by atoms with Gasteiger partial charge < -0.3 is 14.2 Å². The van der Waals surface area contributed by atoms with Crippen molar-refractivity contribution in [3.8, 4) is 0 Å². The number of rotatable bonds is 9. The molecule has 18 heavy (non-hydrogen) atoms. The van der Waals surface area contributed by atoms with E-state index in [1.54, 1.807) is 27.7 Å². The van der Waals surface area contributed by atoms with Crippen molar-refractivity contribution in [1.29, 1.82) is 0 Å². The third-order valence-corrected chi connectivity index (χ3v) is 2.50. The molecule has 0 aliphatic carbocycles. The maximum Gasteiger partial charge on any atom is 0.389 e. The minimum absolute atomic E-state index is 0.0938. The van der Waals surface area contributed by atoms with Gasteiger partial charge in [0.05, 0.1) is 0 Å². The van der Waals surface area contributed by atoms with E-state index in [9.17, 15) is 13.2 Å². The standard InChI is InChI=1S/C12H23F3O3/c1-5-16-12(17-6-2,18-7-3)10(4)8-9-11(13,14)15/h10H,5-9H2,1-4H3. The van der Waals surface area contributed by atoms with Crippen LogP contribution in [0.3, 0.4) is 0 Å². The molecule has 1 unspecified atom stereocenters. The summed E-state index contributed by atoms with van der Waals surface area (Å²) in [5.74, 6) is -1.87. The van der Waals surface area contributed by atoms with Gasteiger partial charge in [0.2, 0.25) is 0 Å². The molecule has 0 amide bonds. The molecular weight excluding hydrogens is 249 g/mol. The molecule has 0 saturated heterocycles. The van der Waals surface area contributed by atoms with Crippen LogP contribution >= 0.6 is 0 Å². The van der Waals surface area contributed by atoms with Crippen molar-refractivity contribution in [3.63, 3.8) is 0 Å². The summed E-state index contributed by atoms with van der Waals surface area (Å²) in [6.07, 6.45) is -5.14. The zero-order valence-corrected chi connectivity index (χ0v) is 11.5. The van der Waals surface area contributed by atoms with E-state index in [0.717, 1.165) is 0 Å². The predicted octanol–water partition coefficient (Wildman–Crippen LogP) is 3.73. The van der Waals surface area contributed by atoms with Crippen molar-refractivity contribution in [1.82, 2.24) is 0 Å². The van der Waals surface area contributed by atoms with Gasteiger partial charge in [-0.3, -0.25) is 0 Å². The zero-order valence-electron chi connectivity index (χ0n) is 11.5. The molecule has 0 aromatic heterocycles. The van der Waals surface area contributed by atoms with Gasteiger partial charge in [0.25, 0.3) is 5.97 Å². The summed E-state index contributed by atoms with van der Waals surface area (Å²) < 4.78 is 53.0.